The third kappa shape index (κ3) is 2.68. The second-order valence-corrected chi connectivity index (χ2v) is 5.94. The van der Waals surface area contributed by atoms with Crippen molar-refractivity contribution in [2.24, 2.45) is 7.05 Å². The number of aromatic amines is 1. The van der Waals surface area contributed by atoms with E-state index >= 15 is 0 Å². The molecule has 0 saturated carbocycles. The molecule has 25 heavy (non-hydrogen) atoms. The fourth-order valence-corrected chi connectivity index (χ4v) is 2.82. The molecule has 4 rings (SSSR count). The molecule has 2 N–H and O–H groups in total. The number of hydrogen-bond donors (Lipinski definition) is 2. The Hall–Kier alpha value is -2.74. The molecule has 0 amide bonds. The molecular formula is C16H11ClF3N5. The van der Waals surface area contributed by atoms with E-state index in [2.05, 4.69) is 20.3 Å². The molecule has 0 atom stereocenters. The number of aryl methyl sites for hydroxylation is 1. The Morgan fingerprint density at radius 2 is 1.96 bits per heavy atom. The molecular weight excluding hydrogens is 355 g/mol. The van der Waals surface area contributed by atoms with Crippen LogP contribution in [-0.4, -0.2) is 19.5 Å². The topological polar surface area (TPSA) is 58.5 Å². The third-order valence-electron chi connectivity index (χ3n) is 3.94. The SMILES string of the molecule is Cn1c(Nc2c[nH]c3ccc(Cl)nc23)nc2ccc(C(F)(F)F)cc21. The fraction of sp³-hybridized carbons (Fsp3) is 0.125. The molecule has 0 radical (unpaired) electrons. The van der Waals surface area contributed by atoms with Gasteiger partial charge in [-0.15, -0.1) is 0 Å². The zero-order valence-corrected chi connectivity index (χ0v) is 13.6. The number of benzene rings is 1. The van der Waals surface area contributed by atoms with Gasteiger partial charge in [0.2, 0.25) is 5.95 Å². The van der Waals surface area contributed by atoms with Gasteiger partial charge < -0.3 is 14.9 Å². The highest BCUT2D eigenvalue weighted by Gasteiger charge is 2.31. The standard InChI is InChI=1S/C16H11ClF3N5/c1-25-12-6-8(16(18,19)20)2-3-9(12)22-15(25)23-11-7-21-10-4-5-13(17)24-14(10)11/h2-7,21H,1H3,(H,22,23). The highest BCUT2D eigenvalue weighted by molar-refractivity contribution is 6.29. The Balaban J connectivity index is 1.78. The first-order valence-electron chi connectivity index (χ1n) is 7.27. The van der Waals surface area contributed by atoms with Gasteiger partial charge in [0, 0.05) is 13.2 Å². The van der Waals surface area contributed by atoms with Gasteiger partial charge in [-0.1, -0.05) is 11.6 Å². The number of hydrogen-bond acceptors (Lipinski definition) is 3. The van der Waals surface area contributed by atoms with Crippen molar-refractivity contribution in [3.8, 4) is 0 Å². The smallest absolute Gasteiger partial charge is 0.358 e. The van der Waals surface area contributed by atoms with E-state index in [1.54, 1.807) is 29.9 Å². The van der Waals surface area contributed by atoms with Crippen molar-refractivity contribution in [1.29, 1.82) is 0 Å². The molecule has 0 aliphatic rings. The molecule has 3 heterocycles. The molecule has 128 valence electrons. The zero-order valence-electron chi connectivity index (χ0n) is 12.8. The van der Waals surface area contributed by atoms with Gasteiger partial charge in [0.15, 0.2) is 0 Å². The first-order valence-corrected chi connectivity index (χ1v) is 7.65. The Labute approximate surface area is 144 Å². The Morgan fingerprint density at radius 3 is 2.72 bits per heavy atom. The van der Waals surface area contributed by atoms with E-state index in [4.69, 9.17) is 11.6 Å². The molecule has 0 saturated heterocycles. The summed E-state index contributed by atoms with van der Waals surface area (Å²) in [6, 6.07) is 6.91. The maximum Gasteiger partial charge on any atom is 0.416 e. The van der Waals surface area contributed by atoms with Crippen molar-refractivity contribution in [3.63, 3.8) is 0 Å². The van der Waals surface area contributed by atoms with Crippen molar-refractivity contribution in [1.82, 2.24) is 19.5 Å². The third-order valence-corrected chi connectivity index (χ3v) is 4.15. The summed E-state index contributed by atoms with van der Waals surface area (Å²) in [6.07, 6.45) is -2.70. The van der Waals surface area contributed by atoms with E-state index < -0.39 is 11.7 Å². The molecule has 0 aliphatic carbocycles. The van der Waals surface area contributed by atoms with Gasteiger partial charge in [0.1, 0.15) is 10.7 Å². The molecule has 0 unspecified atom stereocenters. The van der Waals surface area contributed by atoms with Crippen LogP contribution in [-0.2, 0) is 13.2 Å². The number of rotatable bonds is 2. The number of fused-ring (bicyclic) bond motifs is 2. The van der Waals surface area contributed by atoms with E-state index in [0.29, 0.717) is 33.3 Å². The molecule has 3 aromatic heterocycles. The van der Waals surface area contributed by atoms with E-state index in [1.807, 2.05) is 0 Å². The fourth-order valence-electron chi connectivity index (χ4n) is 2.67. The van der Waals surface area contributed by atoms with Crippen molar-refractivity contribution in [2.45, 2.75) is 6.18 Å². The Kier molecular flexibility index (Phi) is 3.40. The number of nitrogens with zero attached hydrogens (tertiary/aromatic N) is 3. The maximum atomic E-state index is 12.9. The Morgan fingerprint density at radius 1 is 1.16 bits per heavy atom. The lowest BCUT2D eigenvalue weighted by molar-refractivity contribution is -0.137. The lowest BCUT2D eigenvalue weighted by atomic mass is 10.2. The predicted octanol–water partition coefficient (Wildman–Crippen LogP) is 4.87. The van der Waals surface area contributed by atoms with E-state index in [-0.39, 0.29) is 0 Å². The first kappa shape index (κ1) is 15.8. The number of aromatic nitrogens is 4. The molecule has 0 bridgehead atoms. The van der Waals surface area contributed by atoms with Crippen LogP contribution in [0.3, 0.4) is 0 Å². The van der Waals surface area contributed by atoms with Crippen LogP contribution in [0.25, 0.3) is 22.1 Å². The lowest BCUT2D eigenvalue weighted by Gasteiger charge is -2.07. The van der Waals surface area contributed by atoms with Gasteiger partial charge >= 0.3 is 6.18 Å². The van der Waals surface area contributed by atoms with Gasteiger partial charge in [-0.05, 0) is 30.3 Å². The minimum Gasteiger partial charge on any atom is -0.358 e. The summed E-state index contributed by atoms with van der Waals surface area (Å²) in [5.74, 6) is 0.400. The van der Waals surface area contributed by atoms with E-state index in [0.717, 1.165) is 17.6 Å². The van der Waals surface area contributed by atoms with Crippen LogP contribution in [0.2, 0.25) is 5.15 Å². The predicted molar refractivity (Wildman–Crippen MR) is 90.1 cm³/mol. The molecule has 0 fully saturated rings. The van der Waals surface area contributed by atoms with Crippen molar-refractivity contribution < 1.29 is 13.2 Å². The molecule has 9 heteroatoms. The summed E-state index contributed by atoms with van der Waals surface area (Å²) in [7, 11) is 1.65. The molecule has 4 aromatic rings. The van der Waals surface area contributed by atoms with Gasteiger partial charge in [-0.2, -0.15) is 13.2 Å². The number of pyridine rings is 1. The van der Waals surface area contributed by atoms with Crippen LogP contribution in [0.15, 0.2) is 36.5 Å². The lowest BCUT2D eigenvalue weighted by Crippen LogP contribution is -2.05. The molecule has 0 aliphatic heterocycles. The number of H-pyrrole nitrogens is 1. The summed E-state index contributed by atoms with van der Waals surface area (Å²) in [4.78, 5) is 11.6. The molecule has 5 nitrogen and oxygen atoms in total. The second-order valence-electron chi connectivity index (χ2n) is 5.55. The summed E-state index contributed by atoms with van der Waals surface area (Å²) in [6.45, 7) is 0. The highest BCUT2D eigenvalue weighted by Crippen LogP contribution is 2.33. The zero-order chi connectivity index (χ0) is 17.8. The maximum absolute atomic E-state index is 12.9. The average molecular weight is 366 g/mol. The number of anilines is 2. The highest BCUT2D eigenvalue weighted by atomic mass is 35.5. The van der Waals surface area contributed by atoms with Gasteiger partial charge in [-0.3, -0.25) is 0 Å². The van der Waals surface area contributed by atoms with Gasteiger partial charge in [0.25, 0.3) is 0 Å². The van der Waals surface area contributed by atoms with E-state index in [9.17, 15) is 13.2 Å². The number of halogens is 4. The van der Waals surface area contributed by atoms with Gasteiger partial charge in [-0.25, -0.2) is 9.97 Å². The number of alkyl halides is 3. The molecule has 1 aromatic carbocycles. The van der Waals surface area contributed by atoms with Crippen LogP contribution in [0, 0.1) is 0 Å². The van der Waals surface area contributed by atoms with Crippen LogP contribution >= 0.6 is 11.6 Å². The van der Waals surface area contributed by atoms with Crippen molar-refractivity contribution in [2.75, 3.05) is 5.32 Å². The second kappa shape index (κ2) is 5.38. The van der Waals surface area contributed by atoms with Crippen LogP contribution in [0.1, 0.15) is 5.56 Å². The van der Waals surface area contributed by atoms with Crippen LogP contribution in [0.4, 0.5) is 24.8 Å². The average Bonchev–Trinajstić information content (AvgIpc) is 3.08. The van der Waals surface area contributed by atoms with Crippen molar-refractivity contribution in [3.05, 3.63) is 47.2 Å². The van der Waals surface area contributed by atoms with Gasteiger partial charge in [0.05, 0.1) is 27.8 Å². The van der Waals surface area contributed by atoms with Crippen molar-refractivity contribution >= 4 is 45.3 Å². The van der Waals surface area contributed by atoms with E-state index in [1.165, 1.54) is 6.07 Å². The summed E-state index contributed by atoms with van der Waals surface area (Å²) in [5.41, 5.74) is 2.16. The summed E-state index contributed by atoms with van der Waals surface area (Å²) >= 11 is 5.93. The summed E-state index contributed by atoms with van der Waals surface area (Å²) in [5, 5.41) is 3.43. The number of nitrogens with one attached hydrogen (secondary N) is 2. The van der Waals surface area contributed by atoms with Crippen LogP contribution < -0.4 is 5.32 Å². The minimum atomic E-state index is -4.40. The normalized spacial score (nSPS) is 12.2. The monoisotopic (exact) mass is 365 g/mol. The minimum absolute atomic E-state index is 0.343. The molecule has 0 spiro atoms. The first-order chi connectivity index (χ1) is 11.8. The summed E-state index contributed by atoms with van der Waals surface area (Å²) < 4.78 is 40.3. The largest absolute Gasteiger partial charge is 0.416 e. The number of imidazole rings is 1. The Bertz CT molecular complexity index is 1100. The van der Waals surface area contributed by atoms with Crippen LogP contribution in [0.5, 0.6) is 0 Å². The quantitative estimate of drug-likeness (QED) is 0.498.